The Morgan fingerprint density at radius 3 is 2.78 bits per heavy atom. The van der Waals surface area contributed by atoms with Crippen LogP contribution in [0.4, 0.5) is 5.82 Å². The lowest BCUT2D eigenvalue weighted by atomic mass is 9.94. The van der Waals surface area contributed by atoms with Gasteiger partial charge in [0, 0.05) is 18.8 Å². The van der Waals surface area contributed by atoms with Crippen LogP contribution in [-0.2, 0) is 0 Å². The minimum absolute atomic E-state index is 0.310. The summed E-state index contributed by atoms with van der Waals surface area (Å²) in [5.74, 6) is -0.272. The van der Waals surface area contributed by atoms with E-state index in [-0.39, 0.29) is 0 Å². The van der Waals surface area contributed by atoms with Crippen LogP contribution in [0.25, 0.3) is 0 Å². The molecule has 0 atom stereocenters. The molecule has 1 aromatic heterocycles. The molecule has 1 fully saturated rings. The van der Waals surface area contributed by atoms with Crippen LogP contribution in [0, 0.1) is 0 Å². The fraction of sp³-hybridized carbons (Fsp3) is 0.571. The van der Waals surface area contributed by atoms with Crippen LogP contribution in [-0.4, -0.2) is 28.6 Å². The molecule has 1 heterocycles. The second-order valence-corrected chi connectivity index (χ2v) is 4.76. The molecule has 0 bridgehead atoms. The van der Waals surface area contributed by atoms with Gasteiger partial charge in [0.15, 0.2) is 0 Å². The van der Waals surface area contributed by atoms with E-state index in [1.54, 1.807) is 18.3 Å². The zero-order valence-electron chi connectivity index (χ0n) is 10.8. The maximum absolute atomic E-state index is 11.3. The van der Waals surface area contributed by atoms with Gasteiger partial charge in [0.1, 0.15) is 11.4 Å². The maximum Gasteiger partial charge on any atom is 0.339 e. The van der Waals surface area contributed by atoms with Gasteiger partial charge in [-0.15, -0.1) is 0 Å². The standard InChI is InChI=1S/C14H20N2O2/c1-2-16(11-7-4-3-5-8-11)13-12(14(17)18)9-6-10-15-13/h6,9-11H,2-5,7-8H2,1H3,(H,17,18). The van der Waals surface area contributed by atoms with Crippen LogP contribution < -0.4 is 4.90 Å². The van der Waals surface area contributed by atoms with E-state index in [0.29, 0.717) is 17.4 Å². The largest absolute Gasteiger partial charge is 0.478 e. The van der Waals surface area contributed by atoms with Crippen molar-refractivity contribution in [2.75, 3.05) is 11.4 Å². The summed E-state index contributed by atoms with van der Waals surface area (Å²) in [6.45, 7) is 2.87. The van der Waals surface area contributed by atoms with Crippen molar-refractivity contribution >= 4 is 11.8 Å². The van der Waals surface area contributed by atoms with E-state index in [1.807, 2.05) is 0 Å². The van der Waals surface area contributed by atoms with Gasteiger partial charge < -0.3 is 10.0 Å². The van der Waals surface area contributed by atoms with Crippen molar-refractivity contribution < 1.29 is 9.90 Å². The Morgan fingerprint density at radius 2 is 2.17 bits per heavy atom. The molecule has 1 aliphatic rings. The molecule has 0 amide bonds. The first-order valence-electron chi connectivity index (χ1n) is 6.69. The van der Waals surface area contributed by atoms with E-state index in [2.05, 4.69) is 16.8 Å². The number of carboxylic acids is 1. The normalized spacial score (nSPS) is 16.5. The second-order valence-electron chi connectivity index (χ2n) is 4.76. The first-order valence-corrected chi connectivity index (χ1v) is 6.69. The number of carboxylic acid groups (broad SMARTS) is 1. The van der Waals surface area contributed by atoms with Gasteiger partial charge in [-0.2, -0.15) is 0 Å². The Balaban J connectivity index is 2.28. The van der Waals surface area contributed by atoms with Gasteiger partial charge in [-0.1, -0.05) is 19.3 Å². The van der Waals surface area contributed by atoms with Crippen LogP contribution in [0.15, 0.2) is 18.3 Å². The monoisotopic (exact) mass is 248 g/mol. The minimum Gasteiger partial charge on any atom is -0.478 e. The highest BCUT2D eigenvalue weighted by Gasteiger charge is 2.24. The smallest absolute Gasteiger partial charge is 0.339 e. The molecule has 0 radical (unpaired) electrons. The summed E-state index contributed by atoms with van der Waals surface area (Å²) in [4.78, 5) is 17.7. The highest BCUT2D eigenvalue weighted by Crippen LogP contribution is 2.27. The Labute approximate surface area is 108 Å². The first-order chi connectivity index (χ1) is 8.74. The Kier molecular flexibility index (Phi) is 4.18. The summed E-state index contributed by atoms with van der Waals surface area (Å²) in [7, 11) is 0. The van der Waals surface area contributed by atoms with Crippen molar-refractivity contribution in [3.63, 3.8) is 0 Å². The summed E-state index contributed by atoms with van der Waals surface area (Å²) in [5.41, 5.74) is 0.310. The molecule has 18 heavy (non-hydrogen) atoms. The van der Waals surface area contributed by atoms with Gasteiger partial charge >= 0.3 is 5.97 Å². The van der Waals surface area contributed by atoms with Crippen molar-refractivity contribution in [2.24, 2.45) is 0 Å². The lowest BCUT2D eigenvalue weighted by Crippen LogP contribution is -2.38. The lowest BCUT2D eigenvalue weighted by Gasteiger charge is -2.35. The molecule has 0 saturated heterocycles. The number of aromatic carboxylic acids is 1. The predicted octanol–water partition coefficient (Wildman–Crippen LogP) is 2.94. The van der Waals surface area contributed by atoms with Crippen LogP contribution in [0.1, 0.15) is 49.4 Å². The first kappa shape index (κ1) is 12.9. The zero-order valence-corrected chi connectivity index (χ0v) is 10.8. The third-order valence-corrected chi connectivity index (χ3v) is 3.65. The number of carbonyl (C=O) groups is 1. The molecular weight excluding hydrogens is 228 g/mol. The molecule has 98 valence electrons. The summed E-state index contributed by atoms with van der Waals surface area (Å²) in [5, 5.41) is 9.24. The van der Waals surface area contributed by atoms with Crippen LogP contribution >= 0.6 is 0 Å². The molecule has 1 saturated carbocycles. The number of pyridine rings is 1. The Hall–Kier alpha value is -1.58. The van der Waals surface area contributed by atoms with Crippen molar-refractivity contribution in [2.45, 2.75) is 45.1 Å². The molecule has 1 aromatic rings. The molecular formula is C14H20N2O2. The topological polar surface area (TPSA) is 53.4 Å². The second kappa shape index (κ2) is 5.85. The van der Waals surface area contributed by atoms with E-state index in [4.69, 9.17) is 0 Å². The third kappa shape index (κ3) is 2.63. The summed E-state index contributed by atoms with van der Waals surface area (Å²) >= 11 is 0. The zero-order chi connectivity index (χ0) is 13.0. The summed E-state index contributed by atoms with van der Waals surface area (Å²) in [6, 6.07) is 3.76. The average Bonchev–Trinajstić information content (AvgIpc) is 2.41. The molecule has 0 aliphatic heterocycles. The fourth-order valence-corrected chi connectivity index (χ4v) is 2.77. The minimum atomic E-state index is -0.896. The van der Waals surface area contributed by atoms with E-state index < -0.39 is 5.97 Å². The van der Waals surface area contributed by atoms with Crippen LogP contribution in [0.3, 0.4) is 0 Å². The quantitative estimate of drug-likeness (QED) is 0.890. The van der Waals surface area contributed by atoms with E-state index in [9.17, 15) is 9.90 Å². The molecule has 4 nitrogen and oxygen atoms in total. The predicted molar refractivity (Wildman–Crippen MR) is 71.1 cm³/mol. The molecule has 4 heteroatoms. The summed E-state index contributed by atoms with van der Waals surface area (Å²) < 4.78 is 0. The highest BCUT2D eigenvalue weighted by atomic mass is 16.4. The van der Waals surface area contributed by atoms with Gasteiger partial charge in [-0.25, -0.2) is 9.78 Å². The number of hydrogen-bond acceptors (Lipinski definition) is 3. The SMILES string of the molecule is CCN(c1ncccc1C(=O)O)C1CCCCC1. The van der Waals surface area contributed by atoms with E-state index in [0.717, 1.165) is 19.4 Å². The molecule has 0 unspecified atom stereocenters. The number of rotatable bonds is 4. The number of aromatic nitrogens is 1. The van der Waals surface area contributed by atoms with Gasteiger partial charge in [-0.05, 0) is 31.9 Å². The molecule has 0 aromatic carbocycles. The molecule has 0 spiro atoms. The highest BCUT2D eigenvalue weighted by molar-refractivity contribution is 5.93. The number of nitrogens with zero attached hydrogens (tertiary/aromatic N) is 2. The number of hydrogen-bond donors (Lipinski definition) is 1. The fourth-order valence-electron chi connectivity index (χ4n) is 2.77. The maximum atomic E-state index is 11.3. The van der Waals surface area contributed by atoms with Crippen LogP contribution in [0.2, 0.25) is 0 Å². The van der Waals surface area contributed by atoms with Gasteiger partial charge in [0.25, 0.3) is 0 Å². The van der Waals surface area contributed by atoms with Gasteiger partial charge in [0.05, 0.1) is 0 Å². The van der Waals surface area contributed by atoms with Crippen molar-refractivity contribution in [3.8, 4) is 0 Å². The molecule has 1 N–H and O–H groups in total. The van der Waals surface area contributed by atoms with Crippen molar-refractivity contribution in [3.05, 3.63) is 23.9 Å². The lowest BCUT2D eigenvalue weighted by molar-refractivity contribution is 0.0697. The Morgan fingerprint density at radius 1 is 1.44 bits per heavy atom. The van der Waals surface area contributed by atoms with Gasteiger partial charge in [-0.3, -0.25) is 0 Å². The van der Waals surface area contributed by atoms with E-state index in [1.165, 1.54) is 19.3 Å². The van der Waals surface area contributed by atoms with Gasteiger partial charge in [0.2, 0.25) is 0 Å². The van der Waals surface area contributed by atoms with E-state index >= 15 is 0 Å². The third-order valence-electron chi connectivity index (χ3n) is 3.65. The van der Waals surface area contributed by atoms with Crippen molar-refractivity contribution in [1.29, 1.82) is 0 Å². The van der Waals surface area contributed by atoms with Crippen molar-refractivity contribution in [1.82, 2.24) is 4.98 Å². The number of anilines is 1. The summed E-state index contributed by atoms with van der Waals surface area (Å²) in [6.07, 6.45) is 7.72. The van der Waals surface area contributed by atoms with Crippen LogP contribution in [0.5, 0.6) is 0 Å². The average molecular weight is 248 g/mol. The molecule has 1 aliphatic carbocycles. The Bertz CT molecular complexity index is 414. The molecule has 2 rings (SSSR count).